The van der Waals surface area contributed by atoms with Crippen molar-refractivity contribution in [3.8, 4) is 0 Å². The number of nitrogens with one attached hydrogen (secondary N) is 1. The summed E-state index contributed by atoms with van der Waals surface area (Å²) in [6, 6.07) is 5.95. The van der Waals surface area contributed by atoms with E-state index in [1.54, 1.807) is 12.1 Å². The molecule has 1 aliphatic heterocycles. The van der Waals surface area contributed by atoms with Crippen molar-refractivity contribution in [3.05, 3.63) is 46.7 Å². The monoisotopic (exact) mass is 347 g/mol. The number of anilines is 1. The standard InChI is InChI=1S/C18H22FN3OS/c1-12-7-13(2)9-22(8-12)10-14-11-24-18(20-14)21-17(23)15-5-3-4-6-16(15)19/h3-6,11-13H,7-10H2,1-2H3,(H,20,21,23). The Morgan fingerprint density at radius 3 is 2.75 bits per heavy atom. The minimum absolute atomic E-state index is 0.0351. The average molecular weight is 347 g/mol. The van der Waals surface area contributed by atoms with E-state index in [4.69, 9.17) is 0 Å². The lowest BCUT2D eigenvalue weighted by Gasteiger charge is -2.34. The summed E-state index contributed by atoms with van der Waals surface area (Å²) in [5.41, 5.74) is 0.984. The van der Waals surface area contributed by atoms with Crippen molar-refractivity contribution in [1.29, 1.82) is 0 Å². The van der Waals surface area contributed by atoms with Gasteiger partial charge in [0.05, 0.1) is 11.3 Å². The van der Waals surface area contributed by atoms with E-state index in [0.717, 1.165) is 25.3 Å². The number of benzene rings is 1. The minimum Gasteiger partial charge on any atom is -0.298 e. The first-order chi connectivity index (χ1) is 11.5. The maximum atomic E-state index is 13.6. The molecule has 1 aliphatic rings. The Bertz CT molecular complexity index is 708. The average Bonchev–Trinajstić information content (AvgIpc) is 2.93. The Hall–Kier alpha value is -1.79. The number of halogens is 1. The van der Waals surface area contributed by atoms with Gasteiger partial charge in [-0.3, -0.25) is 15.0 Å². The molecule has 0 radical (unpaired) electrons. The fourth-order valence-corrected chi connectivity index (χ4v) is 4.09. The molecular formula is C18H22FN3OS. The van der Waals surface area contributed by atoms with Crippen molar-refractivity contribution in [2.75, 3.05) is 18.4 Å². The molecule has 2 unspecified atom stereocenters. The molecule has 3 rings (SSSR count). The molecule has 24 heavy (non-hydrogen) atoms. The van der Waals surface area contributed by atoms with Crippen LogP contribution in [0.5, 0.6) is 0 Å². The molecule has 4 nitrogen and oxygen atoms in total. The lowest BCUT2D eigenvalue weighted by molar-refractivity contribution is 0.102. The van der Waals surface area contributed by atoms with E-state index >= 15 is 0 Å². The molecule has 1 N–H and O–H groups in total. The first-order valence-electron chi connectivity index (χ1n) is 8.24. The molecule has 1 aromatic heterocycles. The summed E-state index contributed by atoms with van der Waals surface area (Å²) in [5.74, 6) is 0.414. The molecule has 6 heteroatoms. The normalized spacial score (nSPS) is 21.6. The van der Waals surface area contributed by atoms with Gasteiger partial charge in [0.25, 0.3) is 5.91 Å². The van der Waals surface area contributed by atoms with Gasteiger partial charge in [-0.25, -0.2) is 9.37 Å². The summed E-state index contributed by atoms with van der Waals surface area (Å²) >= 11 is 1.38. The Balaban J connectivity index is 1.61. The minimum atomic E-state index is -0.525. The molecule has 0 saturated carbocycles. The van der Waals surface area contributed by atoms with Gasteiger partial charge in [-0.2, -0.15) is 0 Å². The number of hydrogen-bond acceptors (Lipinski definition) is 4. The summed E-state index contributed by atoms with van der Waals surface area (Å²) in [6.07, 6.45) is 1.28. The summed E-state index contributed by atoms with van der Waals surface area (Å²) in [6.45, 7) is 7.52. The largest absolute Gasteiger partial charge is 0.298 e. The number of carbonyl (C=O) groups is 1. The molecule has 1 amide bonds. The van der Waals surface area contributed by atoms with E-state index in [2.05, 4.69) is 29.0 Å². The third-order valence-corrected chi connectivity index (χ3v) is 5.03. The van der Waals surface area contributed by atoms with Gasteiger partial charge in [-0.1, -0.05) is 26.0 Å². The second kappa shape index (κ2) is 7.40. The van der Waals surface area contributed by atoms with Crippen LogP contribution in [-0.2, 0) is 6.54 Å². The highest BCUT2D eigenvalue weighted by Gasteiger charge is 2.22. The van der Waals surface area contributed by atoms with Crippen LogP contribution in [0, 0.1) is 17.7 Å². The summed E-state index contributed by atoms with van der Waals surface area (Å²) in [5, 5.41) is 5.15. The van der Waals surface area contributed by atoms with Crippen molar-refractivity contribution in [3.63, 3.8) is 0 Å². The Labute approximate surface area is 145 Å². The van der Waals surface area contributed by atoms with Crippen LogP contribution in [0.1, 0.15) is 36.3 Å². The molecule has 1 fully saturated rings. The Kier molecular flexibility index (Phi) is 5.26. The van der Waals surface area contributed by atoms with E-state index in [9.17, 15) is 9.18 Å². The zero-order valence-corrected chi connectivity index (χ0v) is 14.8. The number of thiazole rings is 1. The van der Waals surface area contributed by atoms with Crippen LogP contribution in [0.4, 0.5) is 9.52 Å². The first-order valence-corrected chi connectivity index (χ1v) is 9.12. The fourth-order valence-electron chi connectivity index (χ4n) is 3.40. The van der Waals surface area contributed by atoms with Gasteiger partial charge < -0.3 is 0 Å². The molecular weight excluding hydrogens is 325 g/mol. The van der Waals surface area contributed by atoms with Crippen LogP contribution >= 0.6 is 11.3 Å². The number of piperidine rings is 1. The molecule has 0 bridgehead atoms. The van der Waals surface area contributed by atoms with E-state index < -0.39 is 11.7 Å². The van der Waals surface area contributed by atoms with Crippen molar-refractivity contribution >= 4 is 22.4 Å². The molecule has 1 aromatic carbocycles. The number of nitrogens with zero attached hydrogens (tertiary/aromatic N) is 2. The zero-order chi connectivity index (χ0) is 17.1. The smallest absolute Gasteiger partial charge is 0.260 e. The third-order valence-electron chi connectivity index (χ3n) is 4.22. The lowest BCUT2D eigenvalue weighted by atomic mass is 9.92. The number of amides is 1. The first kappa shape index (κ1) is 17.0. The van der Waals surface area contributed by atoms with Gasteiger partial charge >= 0.3 is 0 Å². The van der Waals surface area contributed by atoms with Gasteiger partial charge in [-0.05, 0) is 30.4 Å². The fraction of sp³-hybridized carbons (Fsp3) is 0.444. The maximum Gasteiger partial charge on any atom is 0.260 e. The predicted octanol–water partition coefficient (Wildman–Crippen LogP) is 4.01. The highest BCUT2D eigenvalue weighted by atomic mass is 32.1. The van der Waals surface area contributed by atoms with Crippen molar-refractivity contribution in [2.45, 2.75) is 26.8 Å². The van der Waals surface area contributed by atoms with E-state index in [0.29, 0.717) is 17.0 Å². The number of rotatable bonds is 4. The van der Waals surface area contributed by atoms with Crippen LogP contribution in [0.3, 0.4) is 0 Å². The predicted molar refractivity (Wildman–Crippen MR) is 94.7 cm³/mol. The molecule has 2 atom stereocenters. The van der Waals surface area contributed by atoms with Gasteiger partial charge in [0.2, 0.25) is 0 Å². The molecule has 2 aromatic rings. The second-order valence-corrected chi connectivity index (χ2v) is 7.58. The summed E-state index contributed by atoms with van der Waals surface area (Å²) < 4.78 is 13.6. The second-order valence-electron chi connectivity index (χ2n) is 6.72. The van der Waals surface area contributed by atoms with Crippen LogP contribution < -0.4 is 5.32 Å². The molecule has 2 heterocycles. The van der Waals surface area contributed by atoms with Crippen molar-refractivity contribution < 1.29 is 9.18 Å². The quantitative estimate of drug-likeness (QED) is 0.909. The van der Waals surface area contributed by atoms with Crippen LogP contribution in [-0.4, -0.2) is 28.9 Å². The van der Waals surface area contributed by atoms with Gasteiger partial charge in [-0.15, -0.1) is 11.3 Å². The van der Waals surface area contributed by atoms with Crippen molar-refractivity contribution in [2.24, 2.45) is 11.8 Å². The summed E-state index contributed by atoms with van der Waals surface area (Å²) in [4.78, 5) is 19.0. The highest BCUT2D eigenvalue weighted by molar-refractivity contribution is 7.13. The number of hydrogen-bond donors (Lipinski definition) is 1. The lowest BCUT2D eigenvalue weighted by Crippen LogP contribution is -2.38. The number of carbonyl (C=O) groups excluding carboxylic acids is 1. The molecule has 0 spiro atoms. The van der Waals surface area contributed by atoms with Gasteiger partial charge in [0.1, 0.15) is 5.82 Å². The maximum absolute atomic E-state index is 13.6. The Morgan fingerprint density at radius 2 is 2.04 bits per heavy atom. The highest BCUT2D eigenvalue weighted by Crippen LogP contribution is 2.24. The summed E-state index contributed by atoms with van der Waals surface area (Å²) in [7, 11) is 0. The van der Waals surface area contributed by atoms with Gasteiger partial charge in [0.15, 0.2) is 5.13 Å². The molecule has 1 saturated heterocycles. The van der Waals surface area contributed by atoms with Crippen LogP contribution in [0.2, 0.25) is 0 Å². The topological polar surface area (TPSA) is 45.2 Å². The number of likely N-dealkylation sites (tertiary alicyclic amines) is 1. The van der Waals surface area contributed by atoms with E-state index in [-0.39, 0.29) is 5.56 Å². The van der Waals surface area contributed by atoms with Crippen LogP contribution in [0.25, 0.3) is 0 Å². The zero-order valence-electron chi connectivity index (χ0n) is 14.0. The third kappa shape index (κ3) is 4.19. The van der Waals surface area contributed by atoms with Gasteiger partial charge in [0, 0.05) is 25.0 Å². The SMILES string of the molecule is CC1CC(C)CN(Cc2csc(NC(=O)c3ccccc3F)n2)C1. The van der Waals surface area contributed by atoms with E-state index in [1.165, 1.54) is 29.9 Å². The van der Waals surface area contributed by atoms with Crippen molar-refractivity contribution in [1.82, 2.24) is 9.88 Å². The van der Waals surface area contributed by atoms with E-state index in [1.807, 2.05) is 5.38 Å². The molecule has 128 valence electrons. The molecule has 0 aliphatic carbocycles. The van der Waals surface area contributed by atoms with Crippen LogP contribution in [0.15, 0.2) is 29.6 Å². The Morgan fingerprint density at radius 1 is 1.33 bits per heavy atom. The number of aromatic nitrogens is 1.